The van der Waals surface area contributed by atoms with Gasteiger partial charge in [0.05, 0.1) is 0 Å². The summed E-state index contributed by atoms with van der Waals surface area (Å²) in [5, 5.41) is 26.3. The van der Waals surface area contributed by atoms with Crippen LogP contribution in [-0.2, 0) is 9.59 Å². The molecule has 7 heteroatoms. The summed E-state index contributed by atoms with van der Waals surface area (Å²) in [5.41, 5.74) is 9.13. The Morgan fingerprint density at radius 1 is 0.917 bits per heavy atom. The second-order valence-electron chi connectivity index (χ2n) is 2.19. The van der Waals surface area contributed by atoms with Crippen molar-refractivity contribution in [1.29, 1.82) is 0 Å². The highest BCUT2D eigenvalue weighted by atomic mass is 16.4. The van der Waals surface area contributed by atoms with Gasteiger partial charge in [-0.25, -0.2) is 0 Å². The number of aliphatic hydroxyl groups excluding tert-OH is 3. The van der Waals surface area contributed by atoms with Crippen molar-refractivity contribution in [2.24, 2.45) is 11.5 Å². The van der Waals surface area contributed by atoms with Crippen molar-refractivity contribution in [1.82, 2.24) is 0 Å². The lowest BCUT2D eigenvalue weighted by molar-refractivity contribution is -0.145. The summed E-state index contributed by atoms with van der Waals surface area (Å²) in [6, 6.07) is 0. The molecule has 3 atom stereocenters. The van der Waals surface area contributed by atoms with Crippen LogP contribution < -0.4 is 11.5 Å². The van der Waals surface area contributed by atoms with E-state index in [1.165, 1.54) is 0 Å². The molecule has 7 N–H and O–H groups in total. The van der Waals surface area contributed by atoms with Crippen LogP contribution in [0.25, 0.3) is 0 Å². The van der Waals surface area contributed by atoms with Crippen LogP contribution in [-0.4, -0.2) is 45.4 Å². The smallest absolute Gasteiger partial charge is 0.249 e. The van der Waals surface area contributed by atoms with Crippen molar-refractivity contribution in [3.05, 3.63) is 0 Å². The molecule has 0 aliphatic rings. The average Bonchev–Trinajstić information content (AvgIpc) is 2.00. The van der Waals surface area contributed by atoms with Gasteiger partial charge in [-0.2, -0.15) is 0 Å². The zero-order chi connectivity index (χ0) is 9.89. The fourth-order valence-electron chi connectivity index (χ4n) is 0.509. The van der Waals surface area contributed by atoms with Crippen LogP contribution in [0, 0.1) is 0 Å². The van der Waals surface area contributed by atoms with Crippen LogP contribution >= 0.6 is 0 Å². The molecule has 0 radical (unpaired) electrons. The molecule has 70 valence electrons. The Morgan fingerprint density at radius 2 is 1.17 bits per heavy atom. The molecule has 0 aromatic heterocycles. The van der Waals surface area contributed by atoms with E-state index in [1.54, 1.807) is 0 Å². The number of nitrogens with two attached hydrogens (primary N) is 2. The molecule has 12 heavy (non-hydrogen) atoms. The molecule has 0 unspecified atom stereocenters. The molecule has 0 heterocycles. The number of aliphatic hydroxyl groups is 3. The zero-order valence-corrected chi connectivity index (χ0v) is 6.04. The van der Waals surface area contributed by atoms with Crippen LogP contribution in [0.2, 0.25) is 0 Å². The van der Waals surface area contributed by atoms with Gasteiger partial charge in [-0.1, -0.05) is 0 Å². The number of carbonyl (C=O) groups is 2. The summed E-state index contributed by atoms with van der Waals surface area (Å²) in [4.78, 5) is 20.4. The van der Waals surface area contributed by atoms with E-state index < -0.39 is 30.1 Å². The number of hydrogen-bond acceptors (Lipinski definition) is 5. The maximum Gasteiger partial charge on any atom is 0.249 e. The molecule has 0 aromatic carbocycles. The Hall–Kier alpha value is -1.18. The molecule has 0 saturated carbocycles. The van der Waals surface area contributed by atoms with E-state index in [0.717, 1.165) is 0 Å². The summed E-state index contributed by atoms with van der Waals surface area (Å²) in [6.45, 7) is 0. The van der Waals surface area contributed by atoms with Gasteiger partial charge in [0.1, 0.15) is 6.10 Å². The molecule has 0 aliphatic carbocycles. The first-order chi connectivity index (χ1) is 5.37. The third-order valence-corrected chi connectivity index (χ3v) is 1.23. The highest BCUT2D eigenvalue weighted by molar-refractivity contribution is 5.83. The van der Waals surface area contributed by atoms with Crippen molar-refractivity contribution >= 4 is 11.8 Å². The summed E-state index contributed by atoms with van der Waals surface area (Å²) >= 11 is 0. The Labute approximate surface area is 67.6 Å². The van der Waals surface area contributed by atoms with E-state index in [2.05, 4.69) is 11.5 Å². The molecule has 0 fully saturated rings. The molecule has 7 nitrogen and oxygen atoms in total. The van der Waals surface area contributed by atoms with E-state index >= 15 is 0 Å². The molecule has 0 spiro atoms. The van der Waals surface area contributed by atoms with Crippen LogP contribution in [0.4, 0.5) is 0 Å². The van der Waals surface area contributed by atoms with Crippen molar-refractivity contribution in [2.75, 3.05) is 0 Å². The second kappa shape index (κ2) is 4.00. The van der Waals surface area contributed by atoms with Crippen LogP contribution in [0.1, 0.15) is 0 Å². The molecule has 0 saturated heterocycles. The summed E-state index contributed by atoms with van der Waals surface area (Å²) in [5.74, 6) is -2.49. The van der Waals surface area contributed by atoms with E-state index in [4.69, 9.17) is 15.3 Å². The third-order valence-electron chi connectivity index (χ3n) is 1.23. The predicted molar refractivity (Wildman–Crippen MR) is 36.4 cm³/mol. The Bertz CT molecular complexity index is 174. The second-order valence-corrected chi connectivity index (χ2v) is 2.19. The molecule has 0 aliphatic heterocycles. The summed E-state index contributed by atoms with van der Waals surface area (Å²) in [6.07, 6.45) is -6.00. The van der Waals surface area contributed by atoms with Crippen LogP contribution in [0.5, 0.6) is 0 Å². The Balaban J connectivity index is 4.28. The third kappa shape index (κ3) is 2.46. The molecule has 0 rings (SSSR count). The van der Waals surface area contributed by atoms with Gasteiger partial charge < -0.3 is 26.8 Å². The normalized spacial score (nSPS) is 17.9. The first-order valence-corrected chi connectivity index (χ1v) is 3.00. The van der Waals surface area contributed by atoms with Gasteiger partial charge in [0.2, 0.25) is 11.8 Å². The maximum atomic E-state index is 10.2. The van der Waals surface area contributed by atoms with Crippen molar-refractivity contribution in [3.8, 4) is 0 Å². The van der Waals surface area contributed by atoms with Crippen molar-refractivity contribution in [3.63, 3.8) is 0 Å². The van der Waals surface area contributed by atoms with Crippen LogP contribution in [0.3, 0.4) is 0 Å². The minimum atomic E-state index is -2.01. The number of hydrogen-bond donors (Lipinski definition) is 5. The lowest BCUT2D eigenvalue weighted by atomic mass is 10.1. The van der Waals surface area contributed by atoms with Crippen molar-refractivity contribution in [2.45, 2.75) is 18.3 Å². The minimum absolute atomic E-state index is 1.25. The molecular weight excluding hydrogens is 168 g/mol. The lowest BCUT2D eigenvalue weighted by Crippen LogP contribution is -2.50. The quantitative estimate of drug-likeness (QED) is 0.298. The van der Waals surface area contributed by atoms with Gasteiger partial charge >= 0.3 is 0 Å². The van der Waals surface area contributed by atoms with E-state index in [1.807, 2.05) is 0 Å². The fraction of sp³-hybridized carbons (Fsp3) is 0.600. The van der Waals surface area contributed by atoms with Gasteiger partial charge in [0.15, 0.2) is 12.2 Å². The SMILES string of the molecule is NC(=O)[C@@H](O)[C@H](O)[C@@H](O)C(N)=O. The van der Waals surface area contributed by atoms with Gasteiger partial charge in [-0.3, -0.25) is 9.59 Å². The van der Waals surface area contributed by atoms with E-state index in [-0.39, 0.29) is 0 Å². The van der Waals surface area contributed by atoms with E-state index in [9.17, 15) is 9.59 Å². The van der Waals surface area contributed by atoms with Gasteiger partial charge in [-0.15, -0.1) is 0 Å². The van der Waals surface area contributed by atoms with Crippen molar-refractivity contribution < 1.29 is 24.9 Å². The summed E-state index contributed by atoms with van der Waals surface area (Å²) in [7, 11) is 0. The summed E-state index contributed by atoms with van der Waals surface area (Å²) < 4.78 is 0. The fourth-order valence-corrected chi connectivity index (χ4v) is 0.509. The highest BCUT2D eigenvalue weighted by Crippen LogP contribution is 1.98. The Kier molecular flexibility index (Phi) is 3.61. The number of rotatable bonds is 4. The minimum Gasteiger partial charge on any atom is -0.387 e. The number of carbonyl (C=O) groups excluding carboxylic acids is 2. The first-order valence-electron chi connectivity index (χ1n) is 3.00. The average molecular weight is 178 g/mol. The first kappa shape index (κ1) is 10.8. The predicted octanol–water partition coefficient (Wildman–Crippen LogP) is -3.96. The zero-order valence-electron chi connectivity index (χ0n) is 6.04. The highest BCUT2D eigenvalue weighted by Gasteiger charge is 2.31. The number of amides is 2. The maximum absolute atomic E-state index is 10.2. The lowest BCUT2D eigenvalue weighted by Gasteiger charge is -2.17. The molecule has 0 bridgehead atoms. The topological polar surface area (TPSA) is 147 Å². The largest absolute Gasteiger partial charge is 0.387 e. The van der Waals surface area contributed by atoms with Gasteiger partial charge in [0, 0.05) is 0 Å². The van der Waals surface area contributed by atoms with Gasteiger partial charge in [0.25, 0.3) is 0 Å². The molecule has 0 aromatic rings. The monoisotopic (exact) mass is 178 g/mol. The number of primary amides is 2. The molecule has 2 amide bonds. The standard InChI is InChI=1S/C5H10N2O5/c6-4(11)2(9)1(8)3(10)5(7)12/h1-3,8-10H,(H2,6,11)(H2,7,12)/t1-,2-,3+. The van der Waals surface area contributed by atoms with Gasteiger partial charge in [-0.05, 0) is 0 Å². The van der Waals surface area contributed by atoms with Crippen LogP contribution in [0.15, 0.2) is 0 Å². The Morgan fingerprint density at radius 3 is 1.33 bits per heavy atom. The van der Waals surface area contributed by atoms with E-state index in [0.29, 0.717) is 0 Å². The molecular formula is C5H10N2O5.